The van der Waals surface area contributed by atoms with Gasteiger partial charge >= 0.3 is 0 Å². The Morgan fingerprint density at radius 3 is 2.81 bits per heavy atom. The SMILES string of the molecule is CC1=CC(C)CC(CNc2cccc(N3CCCC3)c2)C1. The quantitative estimate of drug-likeness (QED) is 0.807. The summed E-state index contributed by atoms with van der Waals surface area (Å²) in [5.74, 6) is 1.52. The van der Waals surface area contributed by atoms with E-state index < -0.39 is 0 Å². The molecule has 2 heteroatoms. The van der Waals surface area contributed by atoms with E-state index >= 15 is 0 Å². The van der Waals surface area contributed by atoms with Crippen LogP contribution in [0, 0.1) is 11.8 Å². The maximum absolute atomic E-state index is 3.67. The second kappa shape index (κ2) is 6.55. The van der Waals surface area contributed by atoms with Crippen LogP contribution in [0.5, 0.6) is 0 Å². The van der Waals surface area contributed by atoms with Gasteiger partial charge in [0.25, 0.3) is 0 Å². The first kappa shape index (κ1) is 14.5. The summed E-state index contributed by atoms with van der Waals surface area (Å²) < 4.78 is 0. The van der Waals surface area contributed by atoms with Crippen LogP contribution in [0.1, 0.15) is 39.5 Å². The van der Waals surface area contributed by atoms with E-state index in [0.717, 1.165) is 18.4 Å². The van der Waals surface area contributed by atoms with Crippen LogP contribution >= 0.6 is 0 Å². The molecule has 1 aromatic rings. The van der Waals surface area contributed by atoms with Gasteiger partial charge in [0.05, 0.1) is 0 Å². The van der Waals surface area contributed by atoms with Gasteiger partial charge in [-0.05, 0) is 62.6 Å². The van der Waals surface area contributed by atoms with E-state index in [1.54, 1.807) is 5.57 Å². The highest BCUT2D eigenvalue weighted by molar-refractivity contribution is 5.58. The lowest BCUT2D eigenvalue weighted by Gasteiger charge is -2.26. The first-order valence-electron chi connectivity index (χ1n) is 8.47. The summed E-state index contributed by atoms with van der Waals surface area (Å²) in [5.41, 5.74) is 4.22. The van der Waals surface area contributed by atoms with Gasteiger partial charge in [-0.2, -0.15) is 0 Å². The van der Waals surface area contributed by atoms with Crippen LogP contribution in [-0.4, -0.2) is 19.6 Å². The van der Waals surface area contributed by atoms with Crippen LogP contribution in [0.4, 0.5) is 11.4 Å². The van der Waals surface area contributed by atoms with Gasteiger partial charge in [-0.25, -0.2) is 0 Å². The van der Waals surface area contributed by atoms with Crippen LogP contribution in [0.3, 0.4) is 0 Å². The first-order valence-corrected chi connectivity index (χ1v) is 8.47. The van der Waals surface area contributed by atoms with Gasteiger partial charge in [0.1, 0.15) is 0 Å². The molecule has 0 saturated carbocycles. The second-order valence-corrected chi connectivity index (χ2v) is 6.92. The zero-order valence-corrected chi connectivity index (χ0v) is 13.4. The van der Waals surface area contributed by atoms with E-state index in [9.17, 15) is 0 Å². The molecule has 2 atom stereocenters. The number of benzene rings is 1. The standard InChI is InChI=1S/C19H28N2/c1-15-10-16(2)12-17(11-15)14-20-18-6-5-7-19(13-18)21-8-3-4-9-21/h5-7,10,13,15,17,20H,3-4,8-9,11-12,14H2,1-2H3. The summed E-state index contributed by atoms with van der Waals surface area (Å²) in [7, 11) is 0. The number of anilines is 2. The lowest BCUT2D eigenvalue weighted by atomic mass is 9.84. The fraction of sp³-hybridized carbons (Fsp3) is 0.579. The summed E-state index contributed by atoms with van der Waals surface area (Å²) in [4.78, 5) is 2.50. The molecule has 0 aromatic heterocycles. The van der Waals surface area contributed by atoms with E-state index in [0.29, 0.717) is 0 Å². The van der Waals surface area contributed by atoms with Crippen molar-refractivity contribution in [2.24, 2.45) is 11.8 Å². The predicted octanol–water partition coefficient (Wildman–Crippen LogP) is 4.69. The Hall–Kier alpha value is -1.44. The van der Waals surface area contributed by atoms with Gasteiger partial charge in [-0.1, -0.05) is 24.6 Å². The highest BCUT2D eigenvalue weighted by Gasteiger charge is 2.18. The first-order chi connectivity index (χ1) is 10.2. The van der Waals surface area contributed by atoms with Crippen molar-refractivity contribution in [3.63, 3.8) is 0 Å². The third kappa shape index (κ3) is 3.81. The van der Waals surface area contributed by atoms with E-state index in [4.69, 9.17) is 0 Å². The normalized spacial score (nSPS) is 25.8. The zero-order chi connectivity index (χ0) is 14.7. The van der Waals surface area contributed by atoms with Crippen molar-refractivity contribution in [2.75, 3.05) is 29.9 Å². The summed E-state index contributed by atoms with van der Waals surface area (Å²) in [6.07, 6.45) is 7.68. The number of hydrogen-bond acceptors (Lipinski definition) is 2. The van der Waals surface area contributed by atoms with Crippen LogP contribution < -0.4 is 10.2 Å². The highest BCUT2D eigenvalue weighted by Crippen LogP contribution is 2.29. The fourth-order valence-electron chi connectivity index (χ4n) is 3.89. The molecule has 1 aliphatic heterocycles. The average molecular weight is 284 g/mol. The van der Waals surface area contributed by atoms with Gasteiger partial charge in [-0.15, -0.1) is 0 Å². The summed E-state index contributed by atoms with van der Waals surface area (Å²) in [6.45, 7) is 8.14. The van der Waals surface area contributed by atoms with Gasteiger partial charge < -0.3 is 10.2 Å². The summed E-state index contributed by atoms with van der Waals surface area (Å²) >= 11 is 0. The van der Waals surface area contributed by atoms with Crippen LogP contribution in [0.25, 0.3) is 0 Å². The molecule has 0 amide bonds. The molecule has 0 radical (unpaired) electrons. The van der Waals surface area contributed by atoms with Crippen LogP contribution in [0.2, 0.25) is 0 Å². The fourth-order valence-corrected chi connectivity index (χ4v) is 3.89. The number of hydrogen-bond donors (Lipinski definition) is 1. The second-order valence-electron chi connectivity index (χ2n) is 6.92. The molecule has 2 aliphatic rings. The number of allylic oxidation sites excluding steroid dienone is 2. The van der Waals surface area contributed by atoms with Crippen molar-refractivity contribution in [1.82, 2.24) is 0 Å². The molecule has 114 valence electrons. The highest BCUT2D eigenvalue weighted by atomic mass is 15.1. The van der Waals surface area contributed by atoms with Gasteiger partial charge in [-0.3, -0.25) is 0 Å². The zero-order valence-electron chi connectivity index (χ0n) is 13.4. The summed E-state index contributed by atoms with van der Waals surface area (Å²) in [6, 6.07) is 8.95. The van der Waals surface area contributed by atoms with Crippen molar-refractivity contribution in [1.29, 1.82) is 0 Å². The van der Waals surface area contributed by atoms with Crippen LogP contribution in [0.15, 0.2) is 35.9 Å². The lowest BCUT2D eigenvalue weighted by molar-refractivity contribution is 0.421. The lowest BCUT2D eigenvalue weighted by Crippen LogP contribution is -2.21. The van der Waals surface area contributed by atoms with E-state index in [1.807, 2.05) is 0 Å². The minimum absolute atomic E-state index is 0.737. The predicted molar refractivity (Wildman–Crippen MR) is 92.0 cm³/mol. The number of nitrogens with zero attached hydrogens (tertiary/aromatic N) is 1. The third-order valence-corrected chi connectivity index (χ3v) is 4.80. The van der Waals surface area contributed by atoms with Crippen LogP contribution in [-0.2, 0) is 0 Å². The Labute approximate surface area is 129 Å². The monoisotopic (exact) mass is 284 g/mol. The third-order valence-electron chi connectivity index (χ3n) is 4.80. The van der Waals surface area contributed by atoms with Crippen molar-refractivity contribution < 1.29 is 0 Å². The Morgan fingerprint density at radius 2 is 2.05 bits per heavy atom. The average Bonchev–Trinajstić information content (AvgIpc) is 2.99. The topological polar surface area (TPSA) is 15.3 Å². The van der Waals surface area contributed by atoms with E-state index in [-0.39, 0.29) is 0 Å². The van der Waals surface area contributed by atoms with Gasteiger partial charge in [0.2, 0.25) is 0 Å². The van der Waals surface area contributed by atoms with Crippen molar-refractivity contribution in [2.45, 2.75) is 39.5 Å². The molecule has 21 heavy (non-hydrogen) atoms. The summed E-state index contributed by atoms with van der Waals surface area (Å²) in [5, 5.41) is 3.67. The van der Waals surface area contributed by atoms with Gasteiger partial charge in [0, 0.05) is 31.0 Å². The largest absolute Gasteiger partial charge is 0.385 e. The number of rotatable bonds is 4. The molecule has 0 bridgehead atoms. The van der Waals surface area contributed by atoms with E-state index in [1.165, 1.54) is 50.1 Å². The molecule has 1 aromatic carbocycles. The minimum atomic E-state index is 0.737. The molecule has 3 rings (SSSR count). The Kier molecular flexibility index (Phi) is 4.52. The van der Waals surface area contributed by atoms with Crippen molar-refractivity contribution >= 4 is 11.4 Å². The Bertz CT molecular complexity index is 500. The van der Waals surface area contributed by atoms with Crippen molar-refractivity contribution in [3.8, 4) is 0 Å². The van der Waals surface area contributed by atoms with Gasteiger partial charge in [0.15, 0.2) is 0 Å². The smallest absolute Gasteiger partial charge is 0.0386 e. The number of nitrogens with one attached hydrogen (secondary N) is 1. The molecule has 1 heterocycles. The Morgan fingerprint density at radius 1 is 1.24 bits per heavy atom. The molecule has 1 aliphatic carbocycles. The molecule has 1 N–H and O–H groups in total. The molecule has 0 spiro atoms. The minimum Gasteiger partial charge on any atom is -0.385 e. The Balaban J connectivity index is 1.58. The van der Waals surface area contributed by atoms with Crippen molar-refractivity contribution in [3.05, 3.63) is 35.9 Å². The molecule has 2 unspecified atom stereocenters. The maximum Gasteiger partial charge on any atom is 0.0386 e. The molecule has 2 nitrogen and oxygen atoms in total. The molecular formula is C19H28N2. The molecule has 1 fully saturated rings. The molecule has 1 saturated heterocycles. The molecular weight excluding hydrogens is 256 g/mol. The maximum atomic E-state index is 3.67. The van der Waals surface area contributed by atoms with E-state index in [2.05, 4.69) is 54.4 Å².